The van der Waals surface area contributed by atoms with Gasteiger partial charge in [0.25, 0.3) is 0 Å². The third kappa shape index (κ3) is 6.18. The summed E-state index contributed by atoms with van der Waals surface area (Å²) in [5, 5.41) is 6.54. The van der Waals surface area contributed by atoms with Crippen molar-refractivity contribution < 1.29 is 4.39 Å². The van der Waals surface area contributed by atoms with Gasteiger partial charge in [-0.25, -0.2) is 4.39 Å². The second-order valence-corrected chi connectivity index (χ2v) is 6.19. The molecule has 1 heterocycles. The van der Waals surface area contributed by atoms with Crippen molar-refractivity contribution in [2.45, 2.75) is 39.2 Å². The first-order valence-corrected chi connectivity index (χ1v) is 8.61. The molecular weight excluding hydrogens is 291 g/mol. The maximum atomic E-state index is 13.5. The number of benzene rings is 1. The fraction of sp³-hybridized carbons (Fsp3) is 0.611. The van der Waals surface area contributed by atoms with Crippen LogP contribution in [0.4, 0.5) is 4.39 Å². The molecule has 0 aliphatic carbocycles. The van der Waals surface area contributed by atoms with Gasteiger partial charge in [-0.05, 0) is 69.4 Å². The van der Waals surface area contributed by atoms with E-state index in [-0.39, 0.29) is 5.82 Å². The van der Waals surface area contributed by atoms with E-state index in [2.05, 4.69) is 20.5 Å². The van der Waals surface area contributed by atoms with Crippen LogP contribution in [0.25, 0.3) is 0 Å². The summed E-state index contributed by atoms with van der Waals surface area (Å²) < 4.78 is 13.5. The van der Waals surface area contributed by atoms with E-state index in [0.29, 0.717) is 12.1 Å². The Morgan fingerprint density at radius 2 is 2.00 bits per heavy atom. The summed E-state index contributed by atoms with van der Waals surface area (Å²) in [5.41, 5.74) is 1.60. The molecule has 2 N–H and O–H groups in total. The van der Waals surface area contributed by atoms with Crippen LogP contribution in [0.15, 0.2) is 23.2 Å². The Balaban J connectivity index is 1.61. The van der Waals surface area contributed by atoms with Crippen LogP contribution < -0.4 is 10.6 Å². The van der Waals surface area contributed by atoms with Crippen LogP contribution in [0.5, 0.6) is 0 Å². The fourth-order valence-electron chi connectivity index (χ4n) is 2.83. The number of halogens is 1. The van der Waals surface area contributed by atoms with Crippen molar-refractivity contribution in [3.63, 3.8) is 0 Å². The number of unbranched alkanes of at least 4 members (excludes halogenated alkanes) is 1. The van der Waals surface area contributed by atoms with Crippen molar-refractivity contribution >= 4 is 5.96 Å². The average Bonchev–Trinajstić information content (AvgIpc) is 3.06. The Bertz CT molecular complexity index is 510. The zero-order valence-corrected chi connectivity index (χ0v) is 14.4. The van der Waals surface area contributed by atoms with Gasteiger partial charge in [0.05, 0.1) is 0 Å². The van der Waals surface area contributed by atoms with E-state index < -0.39 is 0 Å². The minimum absolute atomic E-state index is 0.158. The first kappa shape index (κ1) is 17.7. The summed E-state index contributed by atoms with van der Waals surface area (Å²) in [4.78, 5) is 6.75. The highest BCUT2D eigenvalue weighted by Crippen LogP contribution is 2.09. The molecule has 0 spiro atoms. The molecule has 0 saturated carbocycles. The zero-order chi connectivity index (χ0) is 16.5. The number of hydrogen-bond donors (Lipinski definition) is 2. The van der Waals surface area contributed by atoms with Gasteiger partial charge < -0.3 is 15.5 Å². The number of aliphatic imine (C=N–C) groups is 1. The molecule has 0 aromatic heterocycles. The van der Waals surface area contributed by atoms with E-state index >= 15 is 0 Å². The second kappa shape index (κ2) is 9.50. The molecule has 0 unspecified atom stereocenters. The quantitative estimate of drug-likeness (QED) is 0.461. The number of likely N-dealkylation sites (tertiary alicyclic amines) is 1. The fourth-order valence-corrected chi connectivity index (χ4v) is 2.83. The molecular formula is C18H29FN4. The number of nitrogens with one attached hydrogen (secondary N) is 2. The summed E-state index contributed by atoms with van der Waals surface area (Å²) in [5.74, 6) is 0.612. The second-order valence-electron chi connectivity index (χ2n) is 6.19. The third-order valence-electron chi connectivity index (χ3n) is 4.31. The lowest BCUT2D eigenvalue weighted by atomic mass is 10.1. The van der Waals surface area contributed by atoms with Gasteiger partial charge in [-0.2, -0.15) is 0 Å². The van der Waals surface area contributed by atoms with Gasteiger partial charge in [0.15, 0.2) is 5.96 Å². The smallest absolute Gasteiger partial charge is 0.191 e. The lowest BCUT2D eigenvalue weighted by Crippen LogP contribution is -2.37. The Kier molecular flexibility index (Phi) is 7.33. The molecule has 1 aliphatic heterocycles. The highest BCUT2D eigenvalue weighted by Gasteiger charge is 2.10. The van der Waals surface area contributed by atoms with Gasteiger partial charge in [-0.3, -0.25) is 4.99 Å². The first-order chi connectivity index (χ1) is 11.2. The predicted octanol–water partition coefficient (Wildman–Crippen LogP) is 2.68. The van der Waals surface area contributed by atoms with Gasteiger partial charge in [0, 0.05) is 20.1 Å². The molecule has 5 heteroatoms. The molecule has 23 heavy (non-hydrogen) atoms. The van der Waals surface area contributed by atoms with E-state index in [0.717, 1.165) is 24.5 Å². The molecule has 1 aliphatic rings. The lowest BCUT2D eigenvalue weighted by molar-refractivity contribution is 0.330. The molecule has 128 valence electrons. The van der Waals surface area contributed by atoms with Crippen LogP contribution >= 0.6 is 0 Å². The van der Waals surface area contributed by atoms with Crippen LogP contribution in [-0.2, 0) is 6.54 Å². The number of rotatable bonds is 7. The SMILES string of the molecule is CN=C(NCCCCN1CCCC1)NCc1ccc(C)c(F)c1. The Morgan fingerprint density at radius 1 is 1.22 bits per heavy atom. The minimum atomic E-state index is -0.158. The molecule has 1 aromatic rings. The monoisotopic (exact) mass is 320 g/mol. The lowest BCUT2D eigenvalue weighted by Gasteiger charge is -2.15. The van der Waals surface area contributed by atoms with E-state index in [1.54, 1.807) is 26.1 Å². The summed E-state index contributed by atoms with van der Waals surface area (Å²) in [6.45, 7) is 7.00. The average molecular weight is 320 g/mol. The standard InChI is InChI=1S/C18H29FN4/c1-15-7-8-16(13-17(15)19)14-22-18(20-2)21-9-3-4-10-23-11-5-6-12-23/h7-8,13H,3-6,9-12,14H2,1-2H3,(H2,20,21,22). The van der Waals surface area contributed by atoms with Crippen molar-refractivity contribution in [2.75, 3.05) is 33.2 Å². The molecule has 1 aromatic carbocycles. The van der Waals surface area contributed by atoms with Gasteiger partial charge in [-0.1, -0.05) is 12.1 Å². The number of hydrogen-bond acceptors (Lipinski definition) is 2. The molecule has 0 bridgehead atoms. The molecule has 4 nitrogen and oxygen atoms in total. The summed E-state index contributed by atoms with van der Waals surface area (Å²) in [7, 11) is 1.76. The number of nitrogens with zero attached hydrogens (tertiary/aromatic N) is 2. The van der Waals surface area contributed by atoms with E-state index in [4.69, 9.17) is 0 Å². The van der Waals surface area contributed by atoms with Crippen molar-refractivity contribution in [2.24, 2.45) is 4.99 Å². The predicted molar refractivity (Wildman–Crippen MR) is 94.2 cm³/mol. The summed E-state index contributed by atoms with van der Waals surface area (Å²) in [6.07, 6.45) is 5.06. The molecule has 0 atom stereocenters. The van der Waals surface area contributed by atoms with Crippen molar-refractivity contribution in [1.82, 2.24) is 15.5 Å². The Labute approximate surface area is 139 Å². The van der Waals surface area contributed by atoms with Crippen molar-refractivity contribution in [3.05, 3.63) is 35.1 Å². The van der Waals surface area contributed by atoms with Crippen molar-refractivity contribution in [3.8, 4) is 0 Å². The summed E-state index contributed by atoms with van der Waals surface area (Å²) in [6, 6.07) is 5.32. The van der Waals surface area contributed by atoms with E-state index in [1.807, 2.05) is 6.07 Å². The van der Waals surface area contributed by atoms with Crippen LogP contribution in [-0.4, -0.2) is 44.1 Å². The van der Waals surface area contributed by atoms with E-state index in [1.165, 1.54) is 38.9 Å². The molecule has 2 rings (SSSR count). The van der Waals surface area contributed by atoms with Crippen LogP contribution in [0.3, 0.4) is 0 Å². The van der Waals surface area contributed by atoms with Gasteiger partial charge >= 0.3 is 0 Å². The molecule has 0 amide bonds. The number of aryl methyl sites for hydroxylation is 1. The maximum Gasteiger partial charge on any atom is 0.191 e. The highest BCUT2D eigenvalue weighted by atomic mass is 19.1. The van der Waals surface area contributed by atoms with E-state index in [9.17, 15) is 4.39 Å². The number of guanidine groups is 1. The minimum Gasteiger partial charge on any atom is -0.356 e. The molecule has 1 fully saturated rings. The molecule has 0 radical (unpaired) electrons. The van der Waals surface area contributed by atoms with Crippen LogP contribution in [0.2, 0.25) is 0 Å². The normalized spacial score (nSPS) is 15.9. The van der Waals surface area contributed by atoms with Gasteiger partial charge in [0.1, 0.15) is 5.82 Å². The Morgan fingerprint density at radius 3 is 2.70 bits per heavy atom. The zero-order valence-electron chi connectivity index (χ0n) is 14.4. The van der Waals surface area contributed by atoms with Crippen LogP contribution in [0, 0.1) is 12.7 Å². The van der Waals surface area contributed by atoms with Crippen LogP contribution in [0.1, 0.15) is 36.8 Å². The molecule has 1 saturated heterocycles. The first-order valence-electron chi connectivity index (χ1n) is 8.61. The highest BCUT2D eigenvalue weighted by molar-refractivity contribution is 5.79. The van der Waals surface area contributed by atoms with Crippen molar-refractivity contribution in [1.29, 1.82) is 0 Å². The van der Waals surface area contributed by atoms with Gasteiger partial charge in [-0.15, -0.1) is 0 Å². The summed E-state index contributed by atoms with van der Waals surface area (Å²) >= 11 is 0. The largest absolute Gasteiger partial charge is 0.356 e. The topological polar surface area (TPSA) is 39.7 Å². The third-order valence-corrected chi connectivity index (χ3v) is 4.31. The maximum absolute atomic E-state index is 13.5. The van der Waals surface area contributed by atoms with Gasteiger partial charge in [0.2, 0.25) is 0 Å². The Hall–Kier alpha value is -1.62.